The molecular weight excluding hydrogens is 431 g/mol. The van der Waals surface area contributed by atoms with E-state index in [-0.39, 0.29) is 18.9 Å². The van der Waals surface area contributed by atoms with Crippen LogP contribution in [0.15, 0.2) is 59.0 Å². The summed E-state index contributed by atoms with van der Waals surface area (Å²) in [6.45, 7) is -0.115. The Balaban J connectivity index is 1.50. The minimum Gasteiger partial charge on any atom is -0.495 e. The van der Waals surface area contributed by atoms with E-state index in [4.69, 9.17) is 37.1 Å². The van der Waals surface area contributed by atoms with Crippen molar-refractivity contribution in [3.63, 3.8) is 0 Å². The van der Waals surface area contributed by atoms with E-state index in [0.29, 0.717) is 33.0 Å². The normalized spacial score (nSPS) is 10.4. The third kappa shape index (κ3) is 5.92. The topological polar surface area (TPSA) is 89.8 Å². The molecule has 7 nitrogen and oxygen atoms in total. The molecule has 30 heavy (non-hydrogen) atoms. The summed E-state index contributed by atoms with van der Waals surface area (Å²) >= 11 is 11.8. The summed E-state index contributed by atoms with van der Waals surface area (Å²) in [6, 6.07) is 14.8. The number of carbonyl (C=O) groups is 2. The minimum atomic E-state index is -0.527. The van der Waals surface area contributed by atoms with Gasteiger partial charge in [0.2, 0.25) is 5.91 Å². The summed E-state index contributed by atoms with van der Waals surface area (Å²) in [5.74, 6) is 0.633. The largest absolute Gasteiger partial charge is 0.495 e. The molecule has 156 valence electrons. The Labute approximate surface area is 182 Å². The van der Waals surface area contributed by atoms with Crippen LogP contribution in [0.5, 0.6) is 11.5 Å². The molecule has 0 aliphatic heterocycles. The predicted octanol–water partition coefficient (Wildman–Crippen LogP) is 4.54. The van der Waals surface area contributed by atoms with Crippen molar-refractivity contribution >= 4 is 40.7 Å². The van der Waals surface area contributed by atoms with Crippen molar-refractivity contribution < 1.29 is 23.5 Å². The van der Waals surface area contributed by atoms with Crippen molar-refractivity contribution in [2.24, 2.45) is 0 Å². The molecule has 9 heteroatoms. The molecule has 0 bridgehead atoms. The molecule has 0 aliphatic rings. The van der Waals surface area contributed by atoms with E-state index in [0.717, 1.165) is 0 Å². The Kier molecular flexibility index (Phi) is 7.21. The SMILES string of the molecule is COc1ccc(Cl)cc1NC(=O)CNC(=O)c1ccc(COc2ccc(Cl)cc2)o1. The average molecular weight is 449 g/mol. The number of benzene rings is 2. The lowest BCUT2D eigenvalue weighted by Crippen LogP contribution is -2.32. The van der Waals surface area contributed by atoms with Gasteiger partial charge in [-0.25, -0.2) is 0 Å². The van der Waals surface area contributed by atoms with E-state index in [1.165, 1.54) is 13.2 Å². The first kappa shape index (κ1) is 21.5. The number of amides is 2. The van der Waals surface area contributed by atoms with Crippen LogP contribution >= 0.6 is 23.2 Å². The third-order valence-corrected chi connectivity index (χ3v) is 4.41. The van der Waals surface area contributed by atoms with E-state index >= 15 is 0 Å². The smallest absolute Gasteiger partial charge is 0.287 e. The molecule has 0 saturated carbocycles. The zero-order valence-corrected chi connectivity index (χ0v) is 17.4. The number of furan rings is 1. The molecule has 3 aromatic rings. The van der Waals surface area contributed by atoms with Crippen LogP contribution in [0.1, 0.15) is 16.3 Å². The summed E-state index contributed by atoms with van der Waals surface area (Å²) in [5, 5.41) is 6.18. The molecule has 1 heterocycles. The van der Waals surface area contributed by atoms with E-state index in [9.17, 15) is 9.59 Å². The molecule has 3 rings (SSSR count). The minimum absolute atomic E-state index is 0.0674. The average Bonchev–Trinajstić information content (AvgIpc) is 3.21. The molecule has 0 spiro atoms. The maximum Gasteiger partial charge on any atom is 0.287 e. The lowest BCUT2D eigenvalue weighted by molar-refractivity contribution is -0.115. The van der Waals surface area contributed by atoms with E-state index < -0.39 is 11.8 Å². The van der Waals surface area contributed by atoms with Gasteiger partial charge in [0.25, 0.3) is 5.91 Å². The highest BCUT2D eigenvalue weighted by molar-refractivity contribution is 6.31. The van der Waals surface area contributed by atoms with Crippen LogP contribution in [0.4, 0.5) is 5.69 Å². The molecule has 2 aromatic carbocycles. The fourth-order valence-corrected chi connectivity index (χ4v) is 2.78. The van der Waals surface area contributed by atoms with Crippen LogP contribution in [-0.2, 0) is 11.4 Å². The number of nitrogens with one attached hydrogen (secondary N) is 2. The Bertz CT molecular complexity index is 1030. The lowest BCUT2D eigenvalue weighted by Gasteiger charge is -2.10. The second-order valence-corrected chi connectivity index (χ2v) is 6.96. The van der Waals surface area contributed by atoms with E-state index in [2.05, 4.69) is 10.6 Å². The van der Waals surface area contributed by atoms with Crippen LogP contribution in [0.2, 0.25) is 10.0 Å². The van der Waals surface area contributed by atoms with Gasteiger partial charge in [-0.05, 0) is 54.6 Å². The summed E-state index contributed by atoms with van der Waals surface area (Å²) < 4.78 is 16.2. The number of carbonyl (C=O) groups excluding carboxylic acids is 2. The first-order chi connectivity index (χ1) is 14.4. The van der Waals surface area contributed by atoms with Gasteiger partial charge in [-0.1, -0.05) is 23.2 Å². The summed E-state index contributed by atoms with van der Waals surface area (Å²) in [7, 11) is 1.48. The molecule has 0 unspecified atom stereocenters. The van der Waals surface area contributed by atoms with Gasteiger partial charge in [-0.15, -0.1) is 0 Å². The Morgan fingerprint density at radius 1 is 1.00 bits per heavy atom. The summed E-state index contributed by atoms with van der Waals surface area (Å²) in [6.07, 6.45) is 0. The quantitative estimate of drug-likeness (QED) is 0.527. The second kappa shape index (κ2) is 10.0. The van der Waals surface area contributed by atoms with Gasteiger partial charge < -0.3 is 24.5 Å². The van der Waals surface area contributed by atoms with E-state index in [1.54, 1.807) is 48.5 Å². The van der Waals surface area contributed by atoms with Gasteiger partial charge in [-0.3, -0.25) is 9.59 Å². The Morgan fingerprint density at radius 3 is 2.47 bits per heavy atom. The molecule has 0 atom stereocenters. The number of methoxy groups -OCH3 is 1. The van der Waals surface area contributed by atoms with Gasteiger partial charge in [0.15, 0.2) is 5.76 Å². The number of hydrogen-bond donors (Lipinski definition) is 2. The van der Waals surface area contributed by atoms with Gasteiger partial charge in [0.1, 0.15) is 23.9 Å². The van der Waals surface area contributed by atoms with Crippen LogP contribution in [0.3, 0.4) is 0 Å². The van der Waals surface area contributed by atoms with Gasteiger partial charge in [0.05, 0.1) is 19.3 Å². The Hall–Kier alpha value is -3.16. The highest BCUT2D eigenvalue weighted by Gasteiger charge is 2.14. The molecule has 2 amide bonds. The molecule has 0 fully saturated rings. The lowest BCUT2D eigenvalue weighted by atomic mass is 10.3. The van der Waals surface area contributed by atoms with Gasteiger partial charge >= 0.3 is 0 Å². The van der Waals surface area contributed by atoms with Crippen molar-refractivity contribution in [3.05, 3.63) is 76.2 Å². The number of hydrogen-bond acceptors (Lipinski definition) is 5. The molecule has 2 N–H and O–H groups in total. The van der Waals surface area contributed by atoms with Crippen LogP contribution in [0, 0.1) is 0 Å². The highest BCUT2D eigenvalue weighted by atomic mass is 35.5. The van der Waals surface area contributed by atoms with Crippen LogP contribution < -0.4 is 20.1 Å². The highest BCUT2D eigenvalue weighted by Crippen LogP contribution is 2.27. The number of halogens is 2. The Morgan fingerprint density at radius 2 is 1.73 bits per heavy atom. The fraction of sp³-hybridized carbons (Fsp3) is 0.143. The summed E-state index contributed by atoms with van der Waals surface area (Å²) in [4.78, 5) is 24.3. The van der Waals surface area contributed by atoms with Gasteiger partial charge in [-0.2, -0.15) is 0 Å². The van der Waals surface area contributed by atoms with Crippen LogP contribution in [-0.4, -0.2) is 25.5 Å². The first-order valence-electron chi connectivity index (χ1n) is 8.83. The molecule has 0 aliphatic carbocycles. The van der Waals surface area contributed by atoms with Crippen molar-refractivity contribution in [3.8, 4) is 11.5 Å². The molecule has 1 aromatic heterocycles. The van der Waals surface area contributed by atoms with Crippen molar-refractivity contribution in [1.82, 2.24) is 5.32 Å². The van der Waals surface area contributed by atoms with Crippen LogP contribution in [0.25, 0.3) is 0 Å². The predicted molar refractivity (Wildman–Crippen MR) is 113 cm³/mol. The molecule has 0 saturated heterocycles. The number of anilines is 1. The van der Waals surface area contributed by atoms with Gasteiger partial charge in [0, 0.05) is 10.0 Å². The van der Waals surface area contributed by atoms with Crippen molar-refractivity contribution in [2.45, 2.75) is 6.61 Å². The van der Waals surface area contributed by atoms with Crippen molar-refractivity contribution in [1.29, 1.82) is 0 Å². The van der Waals surface area contributed by atoms with Crippen molar-refractivity contribution in [2.75, 3.05) is 19.0 Å². The zero-order chi connectivity index (χ0) is 21.5. The molecule has 0 radical (unpaired) electrons. The zero-order valence-electron chi connectivity index (χ0n) is 15.9. The third-order valence-electron chi connectivity index (χ3n) is 3.93. The monoisotopic (exact) mass is 448 g/mol. The number of ether oxygens (including phenoxy) is 2. The standard InChI is InChI=1S/C21H18Cl2N2O5/c1-28-18-8-4-14(23)10-17(18)25-20(26)11-24-21(27)19-9-7-16(30-19)12-29-15-5-2-13(22)3-6-15/h2-10H,11-12H2,1H3,(H,24,27)(H,25,26). The number of rotatable bonds is 8. The summed E-state index contributed by atoms with van der Waals surface area (Å²) in [5.41, 5.74) is 0.406. The molecular formula is C21H18Cl2N2O5. The maximum absolute atomic E-state index is 12.2. The second-order valence-electron chi connectivity index (χ2n) is 6.08. The fourth-order valence-electron chi connectivity index (χ4n) is 2.48. The van der Waals surface area contributed by atoms with E-state index in [1.807, 2.05) is 0 Å². The maximum atomic E-state index is 12.2. The first-order valence-corrected chi connectivity index (χ1v) is 9.59.